The summed E-state index contributed by atoms with van der Waals surface area (Å²) in [6, 6.07) is 6.93. The van der Waals surface area contributed by atoms with Crippen molar-refractivity contribution in [2.75, 3.05) is 13.1 Å². The molecule has 16 heavy (non-hydrogen) atoms. The van der Waals surface area contributed by atoms with Crippen LogP contribution in [-0.4, -0.2) is 23.9 Å². The molecular weight excluding hydrogens is 222 g/mol. The third-order valence-electron chi connectivity index (χ3n) is 2.22. The lowest BCUT2D eigenvalue weighted by atomic mass is 10.2. The first-order valence-corrected chi connectivity index (χ1v) is 5.61. The normalized spacial score (nSPS) is 9.94. The second kappa shape index (κ2) is 5.71. The van der Waals surface area contributed by atoms with Crippen molar-refractivity contribution in [1.82, 2.24) is 4.90 Å². The van der Waals surface area contributed by atoms with E-state index in [1.807, 2.05) is 13.8 Å². The molecule has 1 aromatic rings. The van der Waals surface area contributed by atoms with Crippen LogP contribution in [0.25, 0.3) is 0 Å². The van der Waals surface area contributed by atoms with Gasteiger partial charge < -0.3 is 4.90 Å². The molecule has 0 heterocycles. The summed E-state index contributed by atoms with van der Waals surface area (Å²) in [5.74, 6) is 0.0159. The Morgan fingerprint density at radius 1 is 1.38 bits per heavy atom. The summed E-state index contributed by atoms with van der Waals surface area (Å²) in [6.45, 7) is 8.96. The van der Waals surface area contributed by atoms with Crippen molar-refractivity contribution in [3.63, 3.8) is 0 Å². The number of benzene rings is 1. The van der Waals surface area contributed by atoms with E-state index in [1.54, 1.807) is 29.2 Å². The minimum Gasteiger partial charge on any atom is -0.335 e. The van der Waals surface area contributed by atoms with Gasteiger partial charge in [0.25, 0.3) is 5.91 Å². The molecule has 0 aliphatic heterocycles. The Bertz CT molecular complexity index is 383. The number of hydrogen-bond acceptors (Lipinski definition) is 1. The lowest BCUT2D eigenvalue weighted by Crippen LogP contribution is -2.32. The molecule has 0 aliphatic carbocycles. The van der Waals surface area contributed by atoms with Gasteiger partial charge in [-0.2, -0.15) is 0 Å². The monoisotopic (exact) mass is 237 g/mol. The van der Waals surface area contributed by atoms with Crippen molar-refractivity contribution in [3.8, 4) is 0 Å². The molecule has 0 fully saturated rings. The largest absolute Gasteiger partial charge is 0.335 e. The maximum Gasteiger partial charge on any atom is 0.254 e. The molecule has 3 heteroatoms. The number of amides is 1. The van der Waals surface area contributed by atoms with Gasteiger partial charge in [-0.1, -0.05) is 23.8 Å². The number of halogens is 1. The summed E-state index contributed by atoms with van der Waals surface area (Å²) < 4.78 is 0. The van der Waals surface area contributed by atoms with Gasteiger partial charge >= 0.3 is 0 Å². The number of hydrogen-bond donors (Lipinski definition) is 0. The molecule has 1 aromatic carbocycles. The molecule has 0 atom stereocenters. The van der Waals surface area contributed by atoms with Crippen molar-refractivity contribution in [3.05, 3.63) is 47.0 Å². The highest BCUT2D eigenvalue weighted by molar-refractivity contribution is 6.30. The highest BCUT2D eigenvalue weighted by atomic mass is 35.5. The van der Waals surface area contributed by atoms with Gasteiger partial charge in [-0.15, -0.1) is 0 Å². The van der Waals surface area contributed by atoms with E-state index in [4.69, 9.17) is 11.6 Å². The molecule has 0 N–H and O–H groups in total. The van der Waals surface area contributed by atoms with Crippen LogP contribution in [0.4, 0.5) is 0 Å². The Morgan fingerprint density at radius 3 is 2.38 bits per heavy atom. The maximum atomic E-state index is 12.1. The van der Waals surface area contributed by atoms with Crippen LogP contribution >= 0.6 is 11.6 Å². The fourth-order valence-electron chi connectivity index (χ4n) is 1.43. The SMILES string of the molecule is C=C(C)CN(CC)C(=O)c1ccc(Cl)cc1. The summed E-state index contributed by atoms with van der Waals surface area (Å²) in [7, 11) is 0. The van der Waals surface area contributed by atoms with Crippen LogP contribution in [0.3, 0.4) is 0 Å². The minimum atomic E-state index is 0.0159. The van der Waals surface area contributed by atoms with Crippen LogP contribution < -0.4 is 0 Å². The average molecular weight is 238 g/mol. The average Bonchev–Trinajstić information content (AvgIpc) is 2.25. The molecular formula is C13H16ClNO. The second-order valence-corrected chi connectivity index (χ2v) is 4.22. The molecule has 86 valence electrons. The summed E-state index contributed by atoms with van der Waals surface area (Å²) in [5, 5.41) is 0.638. The van der Waals surface area contributed by atoms with E-state index in [0.29, 0.717) is 23.7 Å². The smallest absolute Gasteiger partial charge is 0.254 e. The van der Waals surface area contributed by atoms with E-state index >= 15 is 0 Å². The number of rotatable bonds is 4. The van der Waals surface area contributed by atoms with Gasteiger partial charge in [-0.05, 0) is 38.1 Å². The Kier molecular flexibility index (Phi) is 4.56. The molecule has 2 nitrogen and oxygen atoms in total. The van der Waals surface area contributed by atoms with Gasteiger partial charge in [0.05, 0.1) is 0 Å². The van der Waals surface area contributed by atoms with Crippen molar-refractivity contribution in [2.45, 2.75) is 13.8 Å². The Hall–Kier alpha value is -1.28. The van der Waals surface area contributed by atoms with E-state index in [0.717, 1.165) is 5.57 Å². The fourth-order valence-corrected chi connectivity index (χ4v) is 1.55. The standard InChI is InChI=1S/C13H16ClNO/c1-4-15(9-10(2)3)13(16)11-5-7-12(14)8-6-11/h5-8H,2,4,9H2,1,3H3. The Balaban J connectivity index is 2.82. The number of carbonyl (C=O) groups excluding carboxylic acids is 1. The van der Waals surface area contributed by atoms with Gasteiger partial charge in [0.15, 0.2) is 0 Å². The Labute approximate surface area is 102 Å². The highest BCUT2D eigenvalue weighted by Gasteiger charge is 2.13. The molecule has 0 saturated heterocycles. The third-order valence-corrected chi connectivity index (χ3v) is 2.47. The molecule has 0 aliphatic rings. The van der Waals surface area contributed by atoms with Gasteiger partial charge in [-0.3, -0.25) is 4.79 Å². The maximum absolute atomic E-state index is 12.1. The van der Waals surface area contributed by atoms with E-state index in [9.17, 15) is 4.79 Å². The van der Waals surface area contributed by atoms with Crippen LogP contribution in [0.15, 0.2) is 36.4 Å². The number of nitrogens with zero attached hydrogens (tertiary/aromatic N) is 1. The molecule has 0 aromatic heterocycles. The zero-order valence-electron chi connectivity index (χ0n) is 9.66. The topological polar surface area (TPSA) is 20.3 Å². The van der Waals surface area contributed by atoms with Crippen LogP contribution in [0.2, 0.25) is 5.02 Å². The molecule has 0 saturated carbocycles. The molecule has 1 amide bonds. The van der Waals surface area contributed by atoms with E-state index in [1.165, 1.54) is 0 Å². The van der Waals surface area contributed by atoms with Crippen molar-refractivity contribution >= 4 is 17.5 Å². The number of carbonyl (C=O) groups is 1. The molecule has 1 rings (SSSR count). The van der Waals surface area contributed by atoms with Crippen LogP contribution in [-0.2, 0) is 0 Å². The summed E-state index contributed by atoms with van der Waals surface area (Å²) in [5.41, 5.74) is 1.64. The molecule has 0 bridgehead atoms. The van der Waals surface area contributed by atoms with Gasteiger partial charge in [0.2, 0.25) is 0 Å². The Morgan fingerprint density at radius 2 is 1.94 bits per heavy atom. The zero-order valence-corrected chi connectivity index (χ0v) is 10.4. The third kappa shape index (κ3) is 3.38. The van der Waals surface area contributed by atoms with Crippen LogP contribution in [0.1, 0.15) is 24.2 Å². The van der Waals surface area contributed by atoms with Gasteiger partial charge in [0, 0.05) is 23.7 Å². The lowest BCUT2D eigenvalue weighted by molar-refractivity contribution is 0.0778. The first-order valence-electron chi connectivity index (χ1n) is 5.23. The van der Waals surface area contributed by atoms with Gasteiger partial charge in [-0.25, -0.2) is 0 Å². The second-order valence-electron chi connectivity index (χ2n) is 3.78. The van der Waals surface area contributed by atoms with E-state index in [-0.39, 0.29) is 5.91 Å². The van der Waals surface area contributed by atoms with Crippen LogP contribution in [0, 0.1) is 0 Å². The fraction of sp³-hybridized carbons (Fsp3) is 0.308. The summed E-state index contributed by atoms with van der Waals surface area (Å²) in [6.07, 6.45) is 0. The zero-order chi connectivity index (χ0) is 12.1. The quantitative estimate of drug-likeness (QED) is 0.736. The van der Waals surface area contributed by atoms with Gasteiger partial charge in [0.1, 0.15) is 0 Å². The minimum absolute atomic E-state index is 0.0159. The van der Waals surface area contributed by atoms with Crippen LogP contribution in [0.5, 0.6) is 0 Å². The first kappa shape index (κ1) is 12.8. The molecule has 0 unspecified atom stereocenters. The first-order chi connectivity index (χ1) is 7.54. The predicted molar refractivity (Wildman–Crippen MR) is 67.8 cm³/mol. The van der Waals surface area contributed by atoms with Crippen molar-refractivity contribution in [1.29, 1.82) is 0 Å². The van der Waals surface area contributed by atoms with E-state index in [2.05, 4.69) is 6.58 Å². The number of likely N-dealkylation sites (N-methyl/N-ethyl adjacent to an activating group) is 1. The lowest BCUT2D eigenvalue weighted by Gasteiger charge is -2.20. The van der Waals surface area contributed by atoms with Crippen molar-refractivity contribution in [2.24, 2.45) is 0 Å². The predicted octanol–water partition coefficient (Wildman–Crippen LogP) is 3.38. The highest BCUT2D eigenvalue weighted by Crippen LogP contribution is 2.12. The molecule has 0 radical (unpaired) electrons. The van der Waals surface area contributed by atoms with E-state index < -0.39 is 0 Å². The molecule has 0 spiro atoms. The van der Waals surface area contributed by atoms with Crippen molar-refractivity contribution < 1.29 is 4.79 Å². The summed E-state index contributed by atoms with van der Waals surface area (Å²) >= 11 is 5.78. The summed E-state index contributed by atoms with van der Waals surface area (Å²) in [4.78, 5) is 13.8.